The highest BCUT2D eigenvalue weighted by atomic mass is 16.5. The first-order valence-electron chi connectivity index (χ1n) is 9.48. The van der Waals surface area contributed by atoms with Crippen molar-refractivity contribution < 1.29 is 14.3 Å². The van der Waals surface area contributed by atoms with Gasteiger partial charge in [-0.05, 0) is 50.2 Å². The predicted molar refractivity (Wildman–Crippen MR) is 112 cm³/mol. The van der Waals surface area contributed by atoms with Crippen LogP contribution in [-0.2, 0) is 0 Å². The van der Waals surface area contributed by atoms with Crippen molar-refractivity contribution in [3.8, 4) is 11.4 Å². The van der Waals surface area contributed by atoms with Crippen molar-refractivity contribution in [3.05, 3.63) is 77.1 Å². The summed E-state index contributed by atoms with van der Waals surface area (Å²) in [6.45, 7) is 3.77. The van der Waals surface area contributed by atoms with E-state index in [1.165, 1.54) is 11.1 Å². The van der Waals surface area contributed by atoms with Gasteiger partial charge in [-0.2, -0.15) is 5.10 Å². The van der Waals surface area contributed by atoms with Crippen molar-refractivity contribution in [1.29, 1.82) is 0 Å². The molecule has 0 saturated carbocycles. The minimum atomic E-state index is -0.371. The van der Waals surface area contributed by atoms with Crippen LogP contribution in [0.5, 0.6) is 5.75 Å². The van der Waals surface area contributed by atoms with E-state index in [9.17, 15) is 9.59 Å². The summed E-state index contributed by atoms with van der Waals surface area (Å²) in [6.07, 6.45) is 1.47. The van der Waals surface area contributed by atoms with Crippen LogP contribution in [0, 0.1) is 13.8 Å². The van der Waals surface area contributed by atoms with E-state index in [1.807, 2.05) is 50.2 Å². The van der Waals surface area contributed by atoms with Crippen LogP contribution in [-0.4, -0.2) is 33.7 Å². The standard InChI is InChI=1S/C23H18N4O3/c1-13-4-6-15(7-5-13)26-22(28)18-12-24-21-19(20(18)23(26)29)14(2)25-27(21)16-8-10-17(30-3)11-9-16/h4-12H,1-3H3. The molecule has 2 aromatic heterocycles. The third-order valence-corrected chi connectivity index (χ3v) is 5.33. The lowest BCUT2D eigenvalue weighted by Crippen LogP contribution is -2.29. The molecule has 148 valence electrons. The number of imide groups is 1. The molecule has 4 aromatic rings. The van der Waals surface area contributed by atoms with Crippen LogP contribution in [0.25, 0.3) is 16.7 Å². The van der Waals surface area contributed by atoms with E-state index in [4.69, 9.17) is 4.74 Å². The number of hydrogen-bond donors (Lipinski definition) is 0. The molecular formula is C23H18N4O3. The third-order valence-electron chi connectivity index (χ3n) is 5.33. The van der Waals surface area contributed by atoms with Gasteiger partial charge in [-0.15, -0.1) is 0 Å². The van der Waals surface area contributed by atoms with E-state index in [-0.39, 0.29) is 11.8 Å². The summed E-state index contributed by atoms with van der Waals surface area (Å²) >= 11 is 0. The van der Waals surface area contributed by atoms with E-state index in [2.05, 4.69) is 10.1 Å². The van der Waals surface area contributed by atoms with E-state index >= 15 is 0 Å². The minimum Gasteiger partial charge on any atom is -0.497 e. The molecule has 0 atom stereocenters. The maximum Gasteiger partial charge on any atom is 0.267 e. The van der Waals surface area contributed by atoms with Gasteiger partial charge < -0.3 is 4.74 Å². The summed E-state index contributed by atoms with van der Waals surface area (Å²) in [4.78, 5) is 32.0. The Bertz CT molecular complexity index is 1320. The van der Waals surface area contributed by atoms with Gasteiger partial charge in [-0.3, -0.25) is 9.59 Å². The molecule has 1 aliphatic rings. The van der Waals surface area contributed by atoms with Crippen molar-refractivity contribution in [2.24, 2.45) is 0 Å². The number of ether oxygens (including phenoxy) is 1. The number of rotatable bonds is 3. The Balaban J connectivity index is 1.67. The van der Waals surface area contributed by atoms with Crippen molar-refractivity contribution in [3.63, 3.8) is 0 Å². The van der Waals surface area contributed by atoms with Crippen LogP contribution in [0.3, 0.4) is 0 Å². The van der Waals surface area contributed by atoms with Gasteiger partial charge >= 0.3 is 0 Å². The highest BCUT2D eigenvalue weighted by Crippen LogP contribution is 2.34. The number of pyridine rings is 1. The van der Waals surface area contributed by atoms with Crippen molar-refractivity contribution in [2.45, 2.75) is 13.8 Å². The molecule has 0 radical (unpaired) electrons. The van der Waals surface area contributed by atoms with E-state index in [0.29, 0.717) is 33.5 Å². The predicted octanol–water partition coefficient (Wildman–Crippen LogP) is 3.85. The number of fused-ring (bicyclic) bond motifs is 3. The van der Waals surface area contributed by atoms with Gasteiger partial charge in [0.2, 0.25) is 0 Å². The van der Waals surface area contributed by atoms with Crippen LogP contribution < -0.4 is 9.64 Å². The summed E-state index contributed by atoms with van der Waals surface area (Å²) in [5.41, 5.74) is 4.19. The van der Waals surface area contributed by atoms with Crippen molar-refractivity contribution in [2.75, 3.05) is 12.0 Å². The molecule has 0 spiro atoms. The van der Waals surface area contributed by atoms with Crippen molar-refractivity contribution in [1.82, 2.24) is 14.8 Å². The molecule has 1 aliphatic heterocycles. The van der Waals surface area contributed by atoms with Crippen LogP contribution in [0.1, 0.15) is 32.0 Å². The molecule has 2 amide bonds. The Hall–Kier alpha value is -4.00. The third kappa shape index (κ3) is 2.52. The Kier molecular flexibility index (Phi) is 3.92. The fourth-order valence-electron chi connectivity index (χ4n) is 3.79. The summed E-state index contributed by atoms with van der Waals surface area (Å²) in [6, 6.07) is 14.7. The summed E-state index contributed by atoms with van der Waals surface area (Å²) < 4.78 is 6.89. The van der Waals surface area contributed by atoms with E-state index in [0.717, 1.165) is 17.0 Å². The average Bonchev–Trinajstić information content (AvgIpc) is 3.23. The molecule has 3 heterocycles. The van der Waals surface area contributed by atoms with Crippen LogP contribution in [0.15, 0.2) is 54.7 Å². The van der Waals surface area contributed by atoms with Gasteiger partial charge in [0.15, 0.2) is 5.65 Å². The smallest absolute Gasteiger partial charge is 0.267 e. The number of benzene rings is 2. The molecule has 7 nitrogen and oxygen atoms in total. The molecule has 30 heavy (non-hydrogen) atoms. The quantitative estimate of drug-likeness (QED) is 0.490. The normalized spacial score (nSPS) is 13.2. The first kappa shape index (κ1) is 18.1. The second-order valence-corrected chi connectivity index (χ2v) is 7.22. The van der Waals surface area contributed by atoms with Gasteiger partial charge in [0, 0.05) is 6.20 Å². The van der Waals surface area contributed by atoms with Gasteiger partial charge in [-0.25, -0.2) is 14.6 Å². The highest BCUT2D eigenvalue weighted by molar-refractivity contribution is 6.37. The second kappa shape index (κ2) is 6.52. The van der Waals surface area contributed by atoms with Gasteiger partial charge in [0.05, 0.1) is 40.7 Å². The first-order chi connectivity index (χ1) is 14.5. The largest absolute Gasteiger partial charge is 0.497 e. The number of aromatic nitrogens is 3. The minimum absolute atomic E-state index is 0.297. The summed E-state index contributed by atoms with van der Waals surface area (Å²) in [7, 11) is 1.61. The molecule has 0 fully saturated rings. The lowest BCUT2D eigenvalue weighted by molar-refractivity contribution is 0.0926. The van der Waals surface area contributed by atoms with Crippen LogP contribution in [0.4, 0.5) is 5.69 Å². The Morgan fingerprint density at radius 3 is 2.20 bits per heavy atom. The maximum absolute atomic E-state index is 13.3. The number of nitrogens with zero attached hydrogens (tertiary/aromatic N) is 4. The molecule has 0 saturated heterocycles. The zero-order valence-electron chi connectivity index (χ0n) is 16.7. The zero-order chi connectivity index (χ0) is 21.0. The Labute approximate surface area is 172 Å². The molecule has 0 aliphatic carbocycles. The number of aryl methyl sites for hydroxylation is 2. The number of carbonyl (C=O) groups is 2. The fourth-order valence-corrected chi connectivity index (χ4v) is 3.79. The van der Waals surface area contributed by atoms with Crippen LogP contribution >= 0.6 is 0 Å². The highest BCUT2D eigenvalue weighted by Gasteiger charge is 2.40. The molecule has 0 bridgehead atoms. The number of amides is 2. The van der Waals surface area contributed by atoms with E-state index in [1.54, 1.807) is 23.9 Å². The zero-order valence-corrected chi connectivity index (χ0v) is 16.7. The lowest BCUT2D eigenvalue weighted by atomic mass is 10.1. The van der Waals surface area contributed by atoms with Crippen molar-refractivity contribution >= 4 is 28.5 Å². The van der Waals surface area contributed by atoms with Gasteiger partial charge in [0.25, 0.3) is 11.8 Å². The van der Waals surface area contributed by atoms with Gasteiger partial charge in [-0.1, -0.05) is 17.7 Å². The molecule has 0 N–H and O–H groups in total. The van der Waals surface area contributed by atoms with Crippen LogP contribution in [0.2, 0.25) is 0 Å². The first-order valence-corrected chi connectivity index (χ1v) is 9.48. The number of hydrogen-bond acceptors (Lipinski definition) is 5. The fraction of sp³-hybridized carbons (Fsp3) is 0.130. The Morgan fingerprint density at radius 1 is 0.867 bits per heavy atom. The SMILES string of the molecule is COc1ccc(-n2nc(C)c3c4c(cnc32)C(=O)N(c2ccc(C)cc2)C4=O)cc1. The van der Waals surface area contributed by atoms with E-state index < -0.39 is 0 Å². The monoisotopic (exact) mass is 398 g/mol. The number of carbonyl (C=O) groups excluding carboxylic acids is 2. The summed E-state index contributed by atoms with van der Waals surface area (Å²) in [5.74, 6) is 0.00350. The lowest BCUT2D eigenvalue weighted by Gasteiger charge is -2.13. The summed E-state index contributed by atoms with van der Waals surface area (Å²) in [5, 5.41) is 5.19. The number of methoxy groups -OCH3 is 1. The maximum atomic E-state index is 13.3. The number of anilines is 1. The molecule has 2 aromatic carbocycles. The molecular weight excluding hydrogens is 380 g/mol. The second-order valence-electron chi connectivity index (χ2n) is 7.22. The van der Waals surface area contributed by atoms with Gasteiger partial charge in [0.1, 0.15) is 5.75 Å². The molecule has 0 unspecified atom stereocenters. The Morgan fingerprint density at radius 2 is 1.53 bits per heavy atom. The topological polar surface area (TPSA) is 77.3 Å². The average molecular weight is 398 g/mol. The molecule has 7 heteroatoms. The molecule has 5 rings (SSSR count).